The number of anilines is 1. The van der Waals surface area contributed by atoms with Crippen LogP contribution in [0.3, 0.4) is 0 Å². The molecule has 3 N–H and O–H groups in total. The molecule has 0 unspecified atom stereocenters. The van der Waals surface area contributed by atoms with Crippen molar-refractivity contribution in [1.82, 2.24) is 10.6 Å². The predicted molar refractivity (Wildman–Crippen MR) is 89.2 cm³/mol. The Hall–Kier alpha value is -1.78. The molecule has 0 bridgehead atoms. The molecular weight excluding hydrogens is 286 g/mol. The van der Waals surface area contributed by atoms with Crippen molar-refractivity contribution in [3.8, 4) is 0 Å². The van der Waals surface area contributed by atoms with Gasteiger partial charge in [-0.05, 0) is 37.4 Å². The number of carbonyl (C=O) groups excluding carboxylic acids is 1. The van der Waals surface area contributed by atoms with E-state index in [1.165, 1.54) is 0 Å². The quantitative estimate of drug-likeness (QED) is 0.798. The zero-order valence-electron chi connectivity index (χ0n) is 11.8. The maximum atomic E-state index is 12.1. The van der Waals surface area contributed by atoms with Gasteiger partial charge in [0.2, 0.25) is 0 Å². The van der Waals surface area contributed by atoms with Crippen molar-refractivity contribution in [3.05, 3.63) is 42.5 Å². The lowest BCUT2D eigenvalue weighted by molar-refractivity contribution is 0.245. The number of urea groups is 1. The number of hydrogen-bond donors (Lipinski definition) is 3. The molecule has 2 aromatic rings. The van der Waals surface area contributed by atoms with E-state index in [0.29, 0.717) is 0 Å². The van der Waals surface area contributed by atoms with Gasteiger partial charge in [-0.2, -0.15) is 0 Å². The van der Waals surface area contributed by atoms with Gasteiger partial charge in [-0.3, -0.25) is 0 Å². The summed E-state index contributed by atoms with van der Waals surface area (Å²) < 4.78 is 0. The summed E-state index contributed by atoms with van der Waals surface area (Å²) in [5.74, 6) is 0. The molecular formula is C16H20ClN3O. The average molecular weight is 306 g/mol. The van der Waals surface area contributed by atoms with Crippen molar-refractivity contribution >= 4 is 34.9 Å². The molecule has 1 fully saturated rings. The van der Waals surface area contributed by atoms with E-state index < -0.39 is 0 Å². The molecule has 112 valence electrons. The van der Waals surface area contributed by atoms with Gasteiger partial charge in [-0.1, -0.05) is 36.4 Å². The number of benzene rings is 2. The molecule has 1 aliphatic rings. The lowest BCUT2D eigenvalue weighted by atomic mass is 10.1. The highest BCUT2D eigenvalue weighted by Gasteiger charge is 2.15. The number of carbonyl (C=O) groups is 1. The molecule has 1 heterocycles. The zero-order chi connectivity index (χ0) is 13.8. The van der Waals surface area contributed by atoms with Crippen LogP contribution in [-0.2, 0) is 0 Å². The SMILES string of the molecule is Cl.O=C(Nc1cccc2ccccc12)NC1CCNCC1. The van der Waals surface area contributed by atoms with Crippen LogP contribution in [0.5, 0.6) is 0 Å². The van der Waals surface area contributed by atoms with Crippen molar-refractivity contribution in [1.29, 1.82) is 0 Å². The molecule has 0 saturated carbocycles. The number of fused-ring (bicyclic) bond motifs is 1. The topological polar surface area (TPSA) is 53.2 Å². The van der Waals surface area contributed by atoms with Gasteiger partial charge in [0.25, 0.3) is 0 Å². The van der Waals surface area contributed by atoms with Gasteiger partial charge in [-0.25, -0.2) is 4.79 Å². The second-order valence-corrected chi connectivity index (χ2v) is 5.15. The van der Waals surface area contributed by atoms with Crippen molar-refractivity contribution in [2.75, 3.05) is 18.4 Å². The summed E-state index contributed by atoms with van der Waals surface area (Å²) in [5.41, 5.74) is 0.856. The van der Waals surface area contributed by atoms with E-state index in [1.54, 1.807) is 0 Å². The van der Waals surface area contributed by atoms with Gasteiger partial charge >= 0.3 is 6.03 Å². The van der Waals surface area contributed by atoms with Crippen molar-refractivity contribution in [2.45, 2.75) is 18.9 Å². The largest absolute Gasteiger partial charge is 0.335 e. The standard InChI is InChI=1S/C16H19N3O.ClH/c20-16(18-13-8-10-17-11-9-13)19-15-7-3-5-12-4-1-2-6-14(12)15;/h1-7,13,17H,8-11H2,(H2,18,19,20);1H. The molecule has 2 aromatic carbocycles. The van der Waals surface area contributed by atoms with Crippen LogP contribution in [0.1, 0.15) is 12.8 Å². The number of amides is 2. The van der Waals surface area contributed by atoms with Gasteiger partial charge < -0.3 is 16.0 Å². The van der Waals surface area contributed by atoms with E-state index in [0.717, 1.165) is 42.4 Å². The highest BCUT2D eigenvalue weighted by atomic mass is 35.5. The average Bonchev–Trinajstić information content (AvgIpc) is 2.48. The van der Waals surface area contributed by atoms with Crippen LogP contribution < -0.4 is 16.0 Å². The second-order valence-electron chi connectivity index (χ2n) is 5.15. The summed E-state index contributed by atoms with van der Waals surface area (Å²) in [6, 6.07) is 14.2. The lowest BCUT2D eigenvalue weighted by Crippen LogP contribution is -2.44. The molecule has 0 atom stereocenters. The third-order valence-corrected chi connectivity index (χ3v) is 3.71. The third kappa shape index (κ3) is 3.86. The normalized spacial score (nSPS) is 15.2. The summed E-state index contributed by atoms with van der Waals surface area (Å²) in [6.45, 7) is 1.94. The van der Waals surface area contributed by atoms with Crippen LogP contribution in [0.2, 0.25) is 0 Å². The molecule has 5 heteroatoms. The fraction of sp³-hybridized carbons (Fsp3) is 0.312. The fourth-order valence-electron chi connectivity index (χ4n) is 2.64. The van der Waals surface area contributed by atoms with Crippen molar-refractivity contribution in [2.24, 2.45) is 0 Å². The summed E-state index contributed by atoms with van der Waals surface area (Å²) >= 11 is 0. The van der Waals surface area contributed by atoms with E-state index in [1.807, 2.05) is 42.5 Å². The van der Waals surface area contributed by atoms with Crippen molar-refractivity contribution in [3.63, 3.8) is 0 Å². The predicted octanol–water partition coefficient (Wildman–Crippen LogP) is 3.14. The highest BCUT2D eigenvalue weighted by Crippen LogP contribution is 2.22. The molecule has 3 rings (SSSR count). The molecule has 0 aromatic heterocycles. The Morgan fingerprint density at radius 3 is 2.57 bits per heavy atom. The molecule has 4 nitrogen and oxygen atoms in total. The Bertz CT molecular complexity index is 606. The fourth-order valence-corrected chi connectivity index (χ4v) is 2.64. The minimum absolute atomic E-state index is 0. The van der Waals surface area contributed by atoms with Gasteiger partial charge in [0.1, 0.15) is 0 Å². The number of halogens is 1. The van der Waals surface area contributed by atoms with E-state index in [9.17, 15) is 4.79 Å². The van der Waals surface area contributed by atoms with E-state index >= 15 is 0 Å². The van der Waals surface area contributed by atoms with Crippen LogP contribution in [0.4, 0.5) is 10.5 Å². The smallest absolute Gasteiger partial charge is 0.319 e. The van der Waals surface area contributed by atoms with Crippen LogP contribution in [0, 0.1) is 0 Å². The molecule has 1 aliphatic heterocycles. The minimum Gasteiger partial charge on any atom is -0.335 e. The summed E-state index contributed by atoms with van der Waals surface area (Å²) in [5, 5.41) is 11.5. The number of nitrogens with one attached hydrogen (secondary N) is 3. The first-order valence-electron chi connectivity index (χ1n) is 7.09. The summed E-state index contributed by atoms with van der Waals surface area (Å²) in [4.78, 5) is 12.1. The molecule has 0 aliphatic carbocycles. The maximum Gasteiger partial charge on any atom is 0.319 e. The maximum absolute atomic E-state index is 12.1. The molecule has 0 radical (unpaired) electrons. The Balaban J connectivity index is 0.00000161. The zero-order valence-corrected chi connectivity index (χ0v) is 12.6. The first-order chi connectivity index (χ1) is 9.83. The van der Waals surface area contributed by atoms with E-state index in [4.69, 9.17) is 0 Å². The Morgan fingerprint density at radius 2 is 1.76 bits per heavy atom. The van der Waals surface area contributed by atoms with Gasteiger partial charge in [-0.15, -0.1) is 12.4 Å². The summed E-state index contributed by atoms with van der Waals surface area (Å²) in [6.07, 6.45) is 1.98. The highest BCUT2D eigenvalue weighted by molar-refractivity contribution is 6.01. The van der Waals surface area contributed by atoms with Crippen molar-refractivity contribution < 1.29 is 4.79 Å². The van der Waals surface area contributed by atoms with Crippen LogP contribution in [0.25, 0.3) is 10.8 Å². The van der Waals surface area contributed by atoms with E-state index in [2.05, 4.69) is 16.0 Å². The molecule has 0 spiro atoms. The van der Waals surface area contributed by atoms with Gasteiger partial charge in [0, 0.05) is 11.4 Å². The lowest BCUT2D eigenvalue weighted by Gasteiger charge is -2.23. The van der Waals surface area contributed by atoms with E-state index in [-0.39, 0.29) is 24.5 Å². The minimum atomic E-state index is -0.117. The Labute approximate surface area is 130 Å². The second kappa shape index (κ2) is 7.29. The van der Waals surface area contributed by atoms with Gasteiger partial charge in [0.05, 0.1) is 5.69 Å². The monoisotopic (exact) mass is 305 g/mol. The number of hydrogen-bond acceptors (Lipinski definition) is 2. The first kappa shape index (κ1) is 15.6. The number of rotatable bonds is 2. The summed E-state index contributed by atoms with van der Waals surface area (Å²) in [7, 11) is 0. The first-order valence-corrected chi connectivity index (χ1v) is 7.09. The Morgan fingerprint density at radius 1 is 1.05 bits per heavy atom. The number of piperidine rings is 1. The molecule has 1 saturated heterocycles. The van der Waals surface area contributed by atoms with Gasteiger partial charge in [0.15, 0.2) is 0 Å². The van der Waals surface area contributed by atoms with Crippen LogP contribution >= 0.6 is 12.4 Å². The molecule has 2 amide bonds. The Kier molecular flexibility index (Phi) is 5.42. The molecule has 21 heavy (non-hydrogen) atoms. The van der Waals surface area contributed by atoms with Crippen LogP contribution in [0.15, 0.2) is 42.5 Å². The van der Waals surface area contributed by atoms with Crippen LogP contribution in [-0.4, -0.2) is 25.2 Å². The third-order valence-electron chi connectivity index (χ3n) is 3.71.